The van der Waals surface area contributed by atoms with Gasteiger partial charge in [-0.1, -0.05) is 60.7 Å². The van der Waals surface area contributed by atoms with Gasteiger partial charge in [0.2, 0.25) is 0 Å². The Kier molecular flexibility index (Phi) is 1.99. The molecule has 0 aromatic heterocycles. The molecule has 0 amide bonds. The van der Waals surface area contributed by atoms with Crippen LogP contribution in [-0.4, -0.2) is 0 Å². The molecular formula is C20H16. The van der Waals surface area contributed by atoms with Gasteiger partial charge in [0.25, 0.3) is 0 Å². The maximum absolute atomic E-state index is 2.44. The Labute approximate surface area is 119 Å². The minimum Gasteiger partial charge on any atom is -0.0835 e. The highest BCUT2D eigenvalue weighted by Gasteiger charge is 2.37. The number of benzene rings is 1. The van der Waals surface area contributed by atoms with Gasteiger partial charge in [0.15, 0.2) is 0 Å². The number of fused-ring (bicyclic) bond motifs is 2. The summed E-state index contributed by atoms with van der Waals surface area (Å²) in [5, 5.41) is 0. The first-order chi connectivity index (χ1) is 9.93. The Morgan fingerprint density at radius 3 is 2.95 bits per heavy atom. The van der Waals surface area contributed by atoms with Crippen LogP contribution >= 0.6 is 0 Å². The van der Waals surface area contributed by atoms with E-state index >= 15 is 0 Å². The number of hydrogen-bond donors (Lipinski definition) is 0. The zero-order valence-corrected chi connectivity index (χ0v) is 11.3. The second-order valence-corrected chi connectivity index (χ2v) is 6.07. The Bertz CT molecular complexity index is 765. The van der Waals surface area contributed by atoms with Crippen molar-refractivity contribution >= 4 is 5.57 Å². The topological polar surface area (TPSA) is 0 Å². The van der Waals surface area contributed by atoms with E-state index in [4.69, 9.17) is 0 Å². The lowest BCUT2D eigenvalue weighted by molar-refractivity contribution is 0.643. The van der Waals surface area contributed by atoms with Crippen molar-refractivity contribution in [3.63, 3.8) is 0 Å². The Morgan fingerprint density at radius 2 is 1.95 bits per heavy atom. The lowest BCUT2D eigenvalue weighted by atomic mass is 9.64. The van der Waals surface area contributed by atoms with Gasteiger partial charge in [-0.05, 0) is 46.3 Å². The molecule has 0 radical (unpaired) electrons. The van der Waals surface area contributed by atoms with Crippen LogP contribution in [0.15, 0.2) is 71.9 Å². The van der Waals surface area contributed by atoms with E-state index in [1.807, 2.05) is 0 Å². The van der Waals surface area contributed by atoms with Gasteiger partial charge in [0, 0.05) is 11.8 Å². The van der Waals surface area contributed by atoms with Crippen molar-refractivity contribution in [2.45, 2.75) is 18.8 Å². The van der Waals surface area contributed by atoms with Crippen LogP contribution in [-0.2, 0) is 6.42 Å². The predicted molar refractivity (Wildman–Crippen MR) is 83.4 cm³/mol. The van der Waals surface area contributed by atoms with Gasteiger partial charge in [-0.2, -0.15) is 0 Å². The van der Waals surface area contributed by atoms with Gasteiger partial charge < -0.3 is 0 Å². The molecule has 0 nitrogen and oxygen atoms in total. The molecule has 0 spiro atoms. The SMILES string of the molecule is C1=C[C@@H]2C3=C(CC=CC3=C1)c1cccc3c1[C@H]2C=CC3. The molecule has 0 saturated heterocycles. The fourth-order valence-corrected chi connectivity index (χ4v) is 4.33. The molecule has 1 aromatic rings. The fourth-order valence-electron chi connectivity index (χ4n) is 4.33. The minimum absolute atomic E-state index is 0.542. The van der Waals surface area contributed by atoms with Gasteiger partial charge in [0.1, 0.15) is 0 Å². The van der Waals surface area contributed by atoms with Crippen LogP contribution in [0.25, 0.3) is 5.57 Å². The van der Waals surface area contributed by atoms with Gasteiger partial charge in [-0.25, -0.2) is 0 Å². The Hall–Kier alpha value is -2.08. The molecule has 20 heavy (non-hydrogen) atoms. The molecule has 0 fully saturated rings. The second kappa shape index (κ2) is 3.73. The van der Waals surface area contributed by atoms with Crippen molar-refractivity contribution < 1.29 is 0 Å². The van der Waals surface area contributed by atoms with Crippen LogP contribution < -0.4 is 0 Å². The van der Waals surface area contributed by atoms with Crippen molar-refractivity contribution in [1.29, 1.82) is 0 Å². The van der Waals surface area contributed by atoms with Crippen LogP contribution in [0.1, 0.15) is 29.0 Å². The first-order valence-electron chi connectivity index (χ1n) is 7.51. The molecule has 1 aromatic carbocycles. The summed E-state index contributed by atoms with van der Waals surface area (Å²) in [5.74, 6) is 1.08. The van der Waals surface area contributed by atoms with E-state index in [1.165, 1.54) is 16.7 Å². The average molecular weight is 256 g/mol. The molecule has 0 bridgehead atoms. The van der Waals surface area contributed by atoms with E-state index in [0.29, 0.717) is 11.8 Å². The van der Waals surface area contributed by atoms with E-state index < -0.39 is 0 Å². The highest BCUT2D eigenvalue weighted by atomic mass is 14.4. The third kappa shape index (κ3) is 1.22. The largest absolute Gasteiger partial charge is 0.0835 e. The van der Waals surface area contributed by atoms with Crippen LogP contribution in [0.4, 0.5) is 0 Å². The van der Waals surface area contributed by atoms with Crippen LogP contribution in [0.3, 0.4) is 0 Å². The molecule has 5 rings (SSSR count). The Balaban J connectivity index is 1.88. The van der Waals surface area contributed by atoms with Crippen LogP contribution in [0.5, 0.6) is 0 Å². The maximum atomic E-state index is 2.44. The van der Waals surface area contributed by atoms with Crippen LogP contribution in [0, 0.1) is 5.92 Å². The van der Waals surface area contributed by atoms with E-state index in [-0.39, 0.29) is 0 Å². The standard InChI is InChI=1S/C20H16/c1-5-13-6-2-11-17-18-12-4-8-14-7-3-10-16(20(14)18)15(9-1)19(13)17/h1-7,10-12,17-18H,8-9H2/t17-,18-/m0/s1. The van der Waals surface area contributed by atoms with Crippen LogP contribution in [0.2, 0.25) is 0 Å². The quantitative estimate of drug-likeness (QED) is 0.589. The van der Waals surface area contributed by atoms with Crippen molar-refractivity contribution in [3.05, 3.63) is 88.6 Å². The lowest BCUT2D eigenvalue weighted by Gasteiger charge is -2.40. The highest BCUT2D eigenvalue weighted by molar-refractivity contribution is 5.84. The number of rotatable bonds is 0. The summed E-state index contributed by atoms with van der Waals surface area (Å²) in [6, 6.07) is 6.88. The summed E-state index contributed by atoms with van der Waals surface area (Å²) in [5.41, 5.74) is 9.20. The third-order valence-electron chi connectivity index (χ3n) is 5.11. The first kappa shape index (κ1) is 10.7. The molecule has 0 saturated carbocycles. The van der Waals surface area contributed by atoms with Gasteiger partial charge in [0.05, 0.1) is 0 Å². The fraction of sp³-hybridized carbons (Fsp3) is 0.200. The molecule has 0 N–H and O–H groups in total. The molecule has 96 valence electrons. The van der Waals surface area contributed by atoms with Gasteiger partial charge in [-0.15, -0.1) is 0 Å². The summed E-state index contributed by atoms with van der Waals surface area (Å²) < 4.78 is 0. The van der Waals surface area contributed by atoms with Crippen molar-refractivity contribution in [3.8, 4) is 0 Å². The van der Waals surface area contributed by atoms with Crippen molar-refractivity contribution in [2.75, 3.05) is 0 Å². The maximum Gasteiger partial charge on any atom is 0.0134 e. The molecule has 4 aliphatic carbocycles. The zero-order valence-electron chi connectivity index (χ0n) is 11.3. The summed E-state index contributed by atoms with van der Waals surface area (Å²) in [6.45, 7) is 0. The molecule has 2 atom stereocenters. The van der Waals surface area contributed by atoms with Gasteiger partial charge >= 0.3 is 0 Å². The summed E-state index contributed by atoms with van der Waals surface area (Å²) in [6.07, 6.45) is 18.5. The summed E-state index contributed by atoms with van der Waals surface area (Å²) in [4.78, 5) is 0. The van der Waals surface area contributed by atoms with E-state index in [2.05, 4.69) is 60.7 Å². The molecule has 0 heteroatoms. The lowest BCUT2D eigenvalue weighted by Crippen LogP contribution is -2.25. The zero-order chi connectivity index (χ0) is 13.1. The highest BCUT2D eigenvalue weighted by Crippen LogP contribution is 2.52. The van der Waals surface area contributed by atoms with E-state index in [1.54, 1.807) is 16.7 Å². The summed E-state index contributed by atoms with van der Waals surface area (Å²) >= 11 is 0. The monoisotopic (exact) mass is 256 g/mol. The molecule has 0 unspecified atom stereocenters. The second-order valence-electron chi connectivity index (χ2n) is 6.07. The molecule has 4 aliphatic rings. The molecular weight excluding hydrogens is 240 g/mol. The Morgan fingerprint density at radius 1 is 0.950 bits per heavy atom. The first-order valence-corrected chi connectivity index (χ1v) is 7.51. The molecule has 0 aliphatic heterocycles. The van der Waals surface area contributed by atoms with Crippen molar-refractivity contribution in [1.82, 2.24) is 0 Å². The summed E-state index contributed by atoms with van der Waals surface area (Å²) in [7, 11) is 0. The van der Waals surface area contributed by atoms with E-state index in [0.717, 1.165) is 12.8 Å². The normalized spacial score (nSPS) is 28.1. The van der Waals surface area contributed by atoms with Crippen molar-refractivity contribution in [2.24, 2.45) is 5.92 Å². The van der Waals surface area contributed by atoms with E-state index in [9.17, 15) is 0 Å². The predicted octanol–water partition coefficient (Wildman–Crippen LogP) is 4.72. The third-order valence-corrected chi connectivity index (χ3v) is 5.11. The average Bonchev–Trinajstić information content (AvgIpc) is 2.52. The number of hydrogen-bond acceptors (Lipinski definition) is 0. The molecule has 0 heterocycles. The smallest absolute Gasteiger partial charge is 0.0134 e. The number of allylic oxidation sites excluding steroid dienone is 10. The van der Waals surface area contributed by atoms with Gasteiger partial charge in [-0.3, -0.25) is 0 Å². The minimum atomic E-state index is 0.542.